The molecule has 0 spiro atoms. The van der Waals surface area contributed by atoms with Crippen molar-refractivity contribution < 1.29 is 4.39 Å². The number of aryl methyl sites for hydroxylation is 3. The molecule has 0 radical (unpaired) electrons. The highest BCUT2D eigenvalue weighted by molar-refractivity contribution is 5.62. The third-order valence-electron chi connectivity index (χ3n) is 5.23. The summed E-state index contributed by atoms with van der Waals surface area (Å²) < 4.78 is 13.2. The minimum absolute atomic E-state index is 0.298. The number of rotatable bonds is 7. The van der Waals surface area contributed by atoms with Crippen LogP contribution in [0, 0.1) is 18.2 Å². The van der Waals surface area contributed by atoms with Crippen molar-refractivity contribution >= 4 is 0 Å². The van der Waals surface area contributed by atoms with Crippen LogP contribution in [0.15, 0.2) is 42.7 Å². The Morgan fingerprint density at radius 1 is 1.04 bits per heavy atom. The van der Waals surface area contributed by atoms with Gasteiger partial charge in [0.2, 0.25) is 0 Å². The zero-order valence-electron chi connectivity index (χ0n) is 16.6. The van der Waals surface area contributed by atoms with Crippen molar-refractivity contribution in [2.75, 3.05) is 0 Å². The van der Waals surface area contributed by atoms with Crippen LogP contribution in [0.1, 0.15) is 49.8 Å². The lowest BCUT2D eigenvalue weighted by molar-refractivity contribution is 0.346. The van der Waals surface area contributed by atoms with Gasteiger partial charge in [0.15, 0.2) is 0 Å². The van der Waals surface area contributed by atoms with Gasteiger partial charge in [0, 0.05) is 23.9 Å². The van der Waals surface area contributed by atoms with Crippen molar-refractivity contribution in [2.45, 2.75) is 53.4 Å². The number of nitrogens with one attached hydrogen (secondary N) is 1. The number of halogens is 1. The van der Waals surface area contributed by atoms with Crippen molar-refractivity contribution in [3.05, 3.63) is 71.2 Å². The molecule has 0 aliphatic heterocycles. The number of hydrogen-bond acceptors (Lipinski definition) is 2. The van der Waals surface area contributed by atoms with Gasteiger partial charge in [0.05, 0.1) is 11.9 Å². The maximum Gasteiger partial charge on any atom is 0.141 e. The summed E-state index contributed by atoms with van der Waals surface area (Å²) in [5, 5.41) is 0. The molecule has 0 amide bonds. The van der Waals surface area contributed by atoms with Crippen LogP contribution in [0.2, 0.25) is 0 Å². The highest BCUT2D eigenvalue weighted by Crippen LogP contribution is 2.25. The van der Waals surface area contributed by atoms with E-state index in [1.165, 1.54) is 23.5 Å². The lowest BCUT2D eigenvalue weighted by Gasteiger charge is -2.21. The van der Waals surface area contributed by atoms with Crippen LogP contribution in [-0.4, -0.2) is 15.0 Å². The third kappa shape index (κ3) is 5.03. The average molecular weight is 365 g/mol. The van der Waals surface area contributed by atoms with E-state index in [2.05, 4.69) is 60.0 Å². The van der Waals surface area contributed by atoms with Gasteiger partial charge in [0.25, 0.3) is 0 Å². The lowest BCUT2D eigenvalue weighted by Crippen LogP contribution is -2.13. The SMILES string of the molecule is CCC(C)(C)Cc1cnc(CCc2ccc(-c3ncc(F)cc3C)cc2)[nH]1. The quantitative estimate of drug-likeness (QED) is 0.585. The molecule has 0 bridgehead atoms. The molecule has 27 heavy (non-hydrogen) atoms. The van der Waals surface area contributed by atoms with E-state index in [9.17, 15) is 4.39 Å². The van der Waals surface area contributed by atoms with Crippen molar-refractivity contribution in [3.63, 3.8) is 0 Å². The molecule has 142 valence electrons. The second-order valence-corrected chi connectivity index (χ2v) is 8.07. The summed E-state index contributed by atoms with van der Waals surface area (Å²) in [4.78, 5) is 12.2. The van der Waals surface area contributed by atoms with Gasteiger partial charge in [-0.2, -0.15) is 0 Å². The minimum Gasteiger partial charge on any atom is -0.346 e. The van der Waals surface area contributed by atoms with Gasteiger partial charge in [-0.15, -0.1) is 0 Å². The molecule has 2 heterocycles. The van der Waals surface area contributed by atoms with Crippen LogP contribution >= 0.6 is 0 Å². The molecular weight excluding hydrogens is 337 g/mol. The van der Waals surface area contributed by atoms with Crippen LogP contribution in [0.3, 0.4) is 0 Å². The Morgan fingerprint density at radius 3 is 2.44 bits per heavy atom. The van der Waals surface area contributed by atoms with Gasteiger partial charge in [0.1, 0.15) is 11.6 Å². The number of benzene rings is 1. The van der Waals surface area contributed by atoms with Crippen LogP contribution < -0.4 is 0 Å². The standard InChI is InChI=1S/C23H28FN3/c1-5-23(3,4)13-20-15-25-21(27-20)11-8-17-6-9-18(10-7-17)22-16(2)12-19(24)14-26-22/h6-7,9-10,12,14-15H,5,8,11,13H2,1-4H3,(H,25,27). The Labute approximate surface area is 161 Å². The molecule has 3 nitrogen and oxygen atoms in total. The Bertz CT molecular complexity index is 894. The van der Waals surface area contributed by atoms with Gasteiger partial charge >= 0.3 is 0 Å². The summed E-state index contributed by atoms with van der Waals surface area (Å²) in [6.45, 7) is 8.68. The fourth-order valence-electron chi connectivity index (χ4n) is 3.20. The third-order valence-corrected chi connectivity index (χ3v) is 5.23. The number of aromatic nitrogens is 3. The monoisotopic (exact) mass is 365 g/mol. The molecule has 2 aromatic heterocycles. The van der Waals surface area contributed by atoms with Crippen molar-refractivity contribution in [1.29, 1.82) is 0 Å². The van der Waals surface area contributed by atoms with Crippen molar-refractivity contribution in [1.82, 2.24) is 15.0 Å². The first-order valence-corrected chi connectivity index (χ1v) is 9.60. The van der Waals surface area contributed by atoms with Crippen LogP contribution in [0.5, 0.6) is 0 Å². The molecule has 1 N–H and O–H groups in total. The zero-order valence-corrected chi connectivity index (χ0v) is 16.6. The normalized spacial score (nSPS) is 11.7. The van der Waals surface area contributed by atoms with E-state index >= 15 is 0 Å². The van der Waals surface area contributed by atoms with Gasteiger partial charge < -0.3 is 4.98 Å². The Kier molecular flexibility index (Phi) is 5.73. The van der Waals surface area contributed by atoms with E-state index < -0.39 is 0 Å². The number of hydrogen-bond donors (Lipinski definition) is 1. The Hall–Kier alpha value is -2.49. The molecular formula is C23H28FN3. The van der Waals surface area contributed by atoms with Gasteiger partial charge in [-0.1, -0.05) is 51.5 Å². The fraction of sp³-hybridized carbons (Fsp3) is 0.391. The minimum atomic E-state index is -0.298. The lowest BCUT2D eigenvalue weighted by atomic mass is 9.85. The molecule has 0 unspecified atom stereocenters. The molecule has 0 aliphatic carbocycles. The van der Waals surface area contributed by atoms with Gasteiger partial charge in [-0.3, -0.25) is 4.98 Å². The molecule has 3 rings (SSSR count). The highest BCUT2D eigenvalue weighted by atomic mass is 19.1. The van der Waals surface area contributed by atoms with E-state index in [-0.39, 0.29) is 5.82 Å². The van der Waals surface area contributed by atoms with Crippen LogP contribution in [0.25, 0.3) is 11.3 Å². The van der Waals surface area contributed by atoms with E-state index in [0.29, 0.717) is 5.41 Å². The molecule has 0 atom stereocenters. The zero-order chi connectivity index (χ0) is 19.4. The maximum absolute atomic E-state index is 13.2. The molecule has 3 aromatic rings. The molecule has 1 aromatic carbocycles. The molecule has 0 fully saturated rings. The molecule has 0 saturated heterocycles. The van der Waals surface area contributed by atoms with Crippen molar-refractivity contribution in [3.8, 4) is 11.3 Å². The van der Waals surface area contributed by atoms with Gasteiger partial charge in [-0.25, -0.2) is 9.37 Å². The molecule has 0 aliphatic rings. The summed E-state index contributed by atoms with van der Waals surface area (Å²) in [5.74, 6) is 0.741. The first-order chi connectivity index (χ1) is 12.9. The Balaban J connectivity index is 1.61. The van der Waals surface area contributed by atoms with Crippen LogP contribution in [-0.2, 0) is 19.3 Å². The van der Waals surface area contributed by atoms with E-state index in [1.807, 2.05) is 13.1 Å². The van der Waals surface area contributed by atoms with E-state index in [4.69, 9.17) is 0 Å². The molecule has 4 heteroatoms. The number of H-pyrrole nitrogens is 1. The predicted molar refractivity (Wildman–Crippen MR) is 108 cm³/mol. The summed E-state index contributed by atoms with van der Waals surface area (Å²) in [7, 11) is 0. The van der Waals surface area contributed by atoms with Gasteiger partial charge in [-0.05, 0) is 42.4 Å². The summed E-state index contributed by atoms with van der Waals surface area (Å²) in [6, 6.07) is 9.86. The number of nitrogens with zero attached hydrogens (tertiary/aromatic N) is 2. The Morgan fingerprint density at radius 2 is 1.78 bits per heavy atom. The van der Waals surface area contributed by atoms with Crippen molar-refractivity contribution in [2.24, 2.45) is 5.41 Å². The largest absolute Gasteiger partial charge is 0.346 e. The number of imidazole rings is 1. The smallest absolute Gasteiger partial charge is 0.141 e. The second kappa shape index (κ2) is 8.03. The highest BCUT2D eigenvalue weighted by Gasteiger charge is 2.17. The maximum atomic E-state index is 13.2. The number of pyridine rings is 1. The van der Waals surface area contributed by atoms with E-state index in [1.54, 1.807) is 0 Å². The summed E-state index contributed by atoms with van der Waals surface area (Å²) >= 11 is 0. The summed E-state index contributed by atoms with van der Waals surface area (Å²) in [5.41, 5.74) is 5.46. The number of aromatic amines is 1. The first-order valence-electron chi connectivity index (χ1n) is 9.60. The summed E-state index contributed by atoms with van der Waals surface area (Å²) in [6.07, 6.45) is 7.23. The molecule has 0 saturated carbocycles. The first kappa shape index (κ1) is 19.3. The topological polar surface area (TPSA) is 41.6 Å². The fourth-order valence-corrected chi connectivity index (χ4v) is 3.20. The average Bonchev–Trinajstić information content (AvgIpc) is 3.07. The second-order valence-electron chi connectivity index (χ2n) is 8.07. The van der Waals surface area contributed by atoms with Crippen LogP contribution in [0.4, 0.5) is 4.39 Å². The predicted octanol–water partition coefficient (Wildman–Crippen LogP) is 5.68. The van der Waals surface area contributed by atoms with E-state index in [0.717, 1.165) is 48.3 Å².